The molecule has 1 amide bonds. The highest BCUT2D eigenvalue weighted by Crippen LogP contribution is 2.19. The van der Waals surface area contributed by atoms with E-state index in [9.17, 15) is 9.18 Å². The van der Waals surface area contributed by atoms with Crippen molar-refractivity contribution in [2.45, 2.75) is 32.6 Å². The van der Waals surface area contributed by atoms with Crippen molar-refractivity contribution in [3.63, 3.8) is 0 Å². The van der Waals surface area contributed by atoms with Crippen LogP contribution in [0.15, 0.2) is 18.2 Å². The zero-order valence-electron chi connectivity index (χ0n) is 11.5. The third-order valence-corrected chi connectivity index (χ3v) is 2.80. The Morgan fingerprint density at radius 3 is 2.74 bits per heavy atom. The molecule has 0 spiro atoms. The predicted octanol–water partition coefficient (Wildman–Crippen LogP) is 2.27. The minimum atomic E-state index is -0.336. The lowest BCUT2D eigenvalue weighted by Gasteiger charge is -2.09. The highest BCUT2D eigenvalue weighted by atomic mass is 19.1. The quantitative estimate of drug-likeness (QED) is 0.357. The van der Waals surface area contributed by atoms with Crippen LogP contribution in [0.25, 0.3) is 0 Å². The number of aryl methyl sites for hydroxylation is 1. The first-order chi connectivity index (χ1) is 9.04. The first kappa shape index (κ1) is 15.4. The van der Waals surface area contributed by atoms with Crippen LogP contribution in [0.4, 0.5) is 4.39 Å². The van der Waals surface area contributed by atoms with E-state index in [4.69, 9.17) is 10.6 Å². The minimum Gasteiger partial charge on any atom is -0.491 e. The number of ether oxygens (including phenoxy) is 1. The summed E-state index contributed by atoms with van der Waals surface area (Å²) in [5.41, 5.74) is 0.912. The van der Waals surface area contributed by atoms with Crippen LogP contribution >= 0.6 is 0 Å². The van der Waals surface area contributed by atoms with Crippen molar-refractivity contribution in [1.29, 1.82) is 0 Å². The summed E-state index contributed by atoms with van der Waals surface area (Å²) < 4.78 is 18.7. The van der Waals surface area contributed by atoms with Crippen molar-refractivity contribution < 1.29 is 13.9 Å². The maximum atomic E-state index is 13.6. The summed E-state index contributed by atoms with van der Waals surface area (Å²) in [4.78, 5) is 11.2. The summed E-state index contributed by atoms with van der Waals surface area (Å²) in [6, 6.07) is 4.99. The summed E-state index contributed by atoms with van der Waals surface area (Å²) in [5.74, 6) is 5.18. The van der Waals surface area contributed by atoms with Gasteiger partial charge in [0.1, 0.15) is 0 Å². The fourth-order valence-corrected chi connectivity index (χ4v) is 1.75. The molecule has 0 fully saturated rings. The Balaban J connectivity index is 2.38. The minimum absolute atomic E-state index is 0.0853. The third kappa shape index (κ3) is 5.26. The molecule has 0 atom stereocenters. The van der Waals surface area contributed by atoms with Crippen LogP contribution in [0.3, 0.4) is 0 Å². The summed E-state index contributed by atoms with van der Waals surface area (Å²) in [6.07, 6.45) is 2.74. The van der Waals surface area contributed by atoms with E-state index < -0.39 is 0 Å². The number of hydrazine groups is 1. The van der Waals surface area contributed by atoms with E-state index in [-0.39, 0.29) is 17.5 Å². The van der Waals surface area contributed by atoms with Gasteiger partial charge in [0.2, 0.25) is 5.91 Å². The number of hydrogen-bond donors (Lipinski definition) is 1. The van der Waals surface area contributed by atoms with E-state index >= 15 is 0 Å². The van der Waals surface area contributed by atoms with E-state index in [1.165, 1.54) is 13.1 Å². The van der Waals surface area contributed by atoms with Gasteiger partial charge in [0.15, 0.2) is 11.6 Å². The maximum Gasteiger partial charge on any atom is 0.236 e. The van der Waals surface area contributed by atoms with Crippen LogP contribution < -0.4 is 10.6 Å². The van der Waals surface area contributed by atoms with Gasteiger partial charge in [0, 0.05) is 13.5 Å². The van der Waals surface area contributed by atoms with Crippen molar-refractivity contribution in [2.75, 3.05) is 13.7 Å². The molecule has 0 aliphatic rings. The van der Waals surface area contributed by atoms with E-state index in [0.29, 0.717) is 13.0 Å². The molecule has 0 aliphatic heterocycles. The molecule has 5 heteroatoms. The van der Waals surface area contributed by atoms with Gasteiger partial charge in [-0.1, -0.05) is 6.07 Å². The summed E-state index contributed by atoms with van der Waals surface area (Å²) in [7, 11) is 1.53. The molecule has 106 valence electrons. The monoisotopic (exact) mass is 268 g/mol. The Morgan fingerprint density at radius 2 is 2.16 bits per heavy atom. The number of nitrogens with two attached hydrogens (primary N) is 1. The lowest BCUT2D eigenvalue weighted by atomic mass is 10.1. The molecule has 1 aromatic carbocycles. The molecular weight excluding hydrogens is 247 g/mol. The van der Waals surface area contributed by atoms with Crippen LogP contribution in [0, 0.1) is 5.82 Å². The first-order valence-corrected chi connectivity index (χ1v) is 6.47. The number of nitrogens with zero attached hydrogens (tertiary/aromatic N) is 1. The normalized spacial score (nSPS) is 10.3. The molecule has 0 saturated heterocycles. The van der Waals surface area contributed by atoms with Crippen LogP contribution in [-0.4, -0.2) is 24.6 Å². The lowest BCUT2D eigenvalue weighted by molar-refractivity contribution is -0.130. The largest absolute Gasteiger partial charge is 0.491 e. The predicted molar refractivity (Wildman–Crippen MR) is 72.1 cm³/mol. The van der Waals surface area contributed by atoms with E-state index in [0.717, 1.165) is 29.8 Å². The average Bonchev–Trinajstić information content (AvgIpc) is 2.37. The zero-order chi connectivity index (χ0) is 14.3. The van der Waals surface area contributed by atoms with E-state index in [1.807, 2.05) is 13.0 Å². The van der Waals surface area contributed by atoms with Gasteiger partial charge in [-0.05, 0) is 43.9 Å². The Kier molecular flexibility index (Phi) is 6.29. The van der Waals surface area contributed by atoms with Gasteiger partial charge < -0.3 is 4.74 Å². The number of hydrogen-bond acceptors (Lipinski definition) is 3. The maximum absolute atomic E-state index is 13.6. The molecule has 0 saturated carbocycles. The fraction of sp³-hybridized carbons (Fsp3) is 0.500. The lowest BCUT2D eigenvalue weighted by Crippen LogP contribution is -2.32. The zero-order valence-corrected chi connectivity index (χ0v) is 11.5. The van der Waals surface area contributed by atoms with Crippen molar-refractivity contribution >= 4 is 5.91 Å². The van der Waals surface area contributed by atoms with Gasteiger partial charge in [-0.2, -0.15) is 0 Å². The Labute approximate surface area is 113 Å². The Hall–Kier alpha value is -1.62. The molecule has 0 radical (unpaired) electrons. The highest BCUT2D eigenvalue weighted by molar-refractivity contribution is 5.75. The highest BCUT2D eigenvalue weighted by Gasteiger charge is 2.06. The number of carbonyl (C=O) groups is 1. The van der Waals surface area contributed by atoms with Gasteiger partial charge in [0.25, 0.3) is 0 Å². The second kappa shape index (κ2) is 7.74. The number of carbonyl (C=O) groups excluding carboxylic acids is 1. The number of halogens is 1. The third-order valence-electron chi connectivity index (χ3n) is 2.80. The molecule has 19 heavy (non-hydrogen) atoms. The topological polar surface area (TPSA) is 55.6 Å². The molecule has 0 aromatic heterocycles. The molecule has 1 aromatic rings. The number of amides is 1. The van der Waals surface area contributed by atoms with E-state index in [2.05, 4.69) is 0 Å². The van der Waals surface area contributed by atoms with Gasteiger partial charge in [-0.3, -0.25) is 9.80 Å². The van der Waals surface area contributed by atoms with Crippen molar-refractivity contribution in [1.82, 2.24) is 5.01 Å². The standard InChI is InChI=1S/C14H21FN2O2/c1-3-19-13-9-8-11(10-12(13)15)6-4-5-7-14(18)17(2)16/h8-10H,3-7,16H2,1-2H3. The second-order valence-corrected chi connectivity index (χ2v) is 4.41. The summed E-state index contributed by atoms with van der Waals surface area (Å²) in [6.45, 7) is 2.27. The Morgan fingerprint density at radius 1 is 1.42 bits per heavy atom. The van der Waals surface area contributed by atoms with Gasteiger partial charge in [-0.15, -0.1) is 0 Å². The molecule has 0 heterocycles. The molecular formula is C14H21FN2O2. The number of rotatable bonds is 7. The summed E-state index contributed by atoms with van der Waals surface area (Å²) in [5, 5.41) is 1.09. The molecule has 2 N–H and O–H groups in total. The van der Waals surface area contributed by atoms with Gasteiger partial charge >= 0.3 is 0 Å². The van der Waals surface area contributed by atoms with Crippen molar-refractivity contribution in [3.8, 4) is 5.75 Å². The summed E-state index contributed by atoms with van der Waals surface area (Å²) >= 11 is 0. The average molecular weight is 268 g/mol. The number of benzene rings is 1. The fourth-order valence-electron chi connectivity index (χ4n) is 1.75. The molecule has 4 nitrogen and oxygen atoms in total. The smallest absolute Gasteiger partial charge is 0.236 e. The van der Waals surface area contributed by atoms with Crippen LogP contribution in [-0.2, 0) is 11.2 Å². The van der Waals surface area contributed by atoms with Crippen LogP contribution in [0.5, 0.6) is 5.75 Å². The SMILES string of the molecule is CCOc1ccc(CCCCC(=O)N(C)N)cc1F. The van der Waals surface area contributed by atoms with E-state index in [1.54, 1.807) is 6.07 Å². The van der Waals surface area contributed by atoms with Gasteiger partial charge in [-0.25, -0.2) is 10.2 Å². The van der Waals surface area contributed by atoms with Crippen LogP contribution in [0.2, 0.25) is 0 Å². The molecule has 0 bridgehead atoms. The van der Waals surface area contributed by atoms with Crippen molar-refractivity contribution in [3.05, 3.63) is 29.6 Å². The van der Waals surface area contributed by atoms with Gasteiger partial charge in [0.05, 0.1) is 6.61 Å². The molecule has 1 rings (SSSR count). The van der Waals surface area contributed by atoms with Crippen molar-refractivity contribution in [2.24, 2.45) is 5.84 Å². The molecule has 0 unspecified atom stereocenters. The first-order valence-electron chi connectivity index (χ1n) is 6.47. The molecule has 0 aliphatic carbocycles. The second-order valence-electron chi connectivity index (χ2n) is 4.41. The van der Waals surface area contributed by atoms with Crippen LogP contribution in [0.1, 0.15) is 31.7 Å². The number of unbranched alkanes of at least 4 members (excludes halogenated alkanes) is 1. The Bertz CT molecular complexity index is 422.